The average molecular weight is 283 g/mol. The van der Waals surface area contributed by atoms with Gasteiger partial charge in [0.15, 0.2) is 0 Å². The molecule has 4 N–H and O–H groups in total. The number of carbonyl (C=O) groups excluding carboxylic acids is 3. The highest BCUT2D eigenvalue weighted by Crippen LogP contribution is 2.36. The summed E-state index contributed by atoms with van der Waals surface area (Å²) in [7, 11) is 0. The van der Waals surface area contributed by atoms with E-state index in [1.807, 2.05) is 0 Å². The highest BCUT2D eigenvalue weighted by Gasteiger charge is 2.34. The van der Waals surface area contributed by atoms with E-state index in [9.17, 15) is 19.5 Å². The number of amides is 4. The second kappa shape index (κ2) is 6.21. The van der Waals surface area contributed by atoms with Gasteiger partial charge in [-0.2, -0.15) is 0 Å². The summed E-state index contributed by atoms with van der Waals surface area (Å²) in [6, 6.07) is -1.33. The Labute approximate surface area is 117 Å². The molecule has 1 saturated carbocycles. The summed E-state index contributed by atoms with van der Waals surface area (Å²) < 4.78 is 0. The summed E-state index contributed by atoms with van der Waals surface area (Å²) in [5, 5.41) is 16.9. The number of aliphatic hydroxyl groups is 1. The quantitative estimate of drug-likeness (QED) is 0.565. The molecule has 1 aliphatic heterocycles. The number of aliphatic hydroxyl groups excluding tert-OH is 1. The number of rotatable bonds is 4. The molecule has 0 aromatic rings. The lowest BCUT2D eigenvalue weighted by atomic mass is 9.87. The van der Waals surface area contributed by atoms with Crippen LogP contribution in [0.2, 0.25) is 0 Å². The Hall–Kier alpha value is -1.63. The molecule has 7 heteroatoms. The smallest absolute Gasteiger partial charge is 0.322 e. The van der Waals surface area contributed by atoms with Crippen LogP contribution in [-0.2, 0) is 9.59 Å². The van der Waals surface area contributed by atoms with E-state index in [0.717, 1.165) is 25.7 Å². The molecular weight excluding hydrogens is 262 g/mol. The molecule has 112 valence electrons. The molecule has 1 heterocycles. The van der Waals surface area contributed by atoms with E-state index in [-0.39, 0.29) is 36.7 Å². The number of hydrogen-bond donors (Lipinski definition) is 4. The van der Waals surface area contributed by atoms with Crippen molar-refractivity contribution in [1.82, 2.24) is 16.0 Å². The van der Waals surface area contributed by atoms with Gasteiger partial charge in [0.05, 0.1) is 6.61 Å². The number of hydrogen-bond acceptors (Lipinski definition) is 4. The molecule has 0 spiro atoms. The molecule has 1 atom stereocenters. The van der Waals surface area contributed by atoms with Gasteiger partial charge >= 0.3 is 6.03 Å². The van der Waals surface area contributed by atoms with Crippen LogP contribution in [0.15, 0.2) is 0 Å². The summed E-state index contributed by atoms with van der Waals surface area (Å²) in [5.74, 6) is -0.671. The zero-order valence-electron chi connectivity index (χ0n) is 11.4. The van der Waals surface area contributed by atoms with Crippen LogP contribution >= 0.6 is 0 Å². The van der Waals surface area contributed by atoms with E-state index in [1.165, 1.54) is 0 Å². The molecular formula is C13H21N3O4. The van der Waals surface area contributed by atoms with Crippen molar-refractivity contribution in [3.8, 4) is 0 Å². The monoisotopic (exact) mass is 283 g/mol. The molecule has 20 heavy (non-hydrogen) atoms. The molecule has 0 unspecified atom stereocenters. The third-order valence-electron chi connectivity index (χ3n) is 4.17. The summed E-state index contributed by atoms with van der Waals surface area (Å²) in [4.78, 5) is 34.6. The maximum Gasteiger partial charge on any atom is 0.322 e. The second-order valence-corrected chi connectivity index (χ2v) is 5.70. The first-order chi connectivity index (χ1) is 9.54. The van der Waals surface area contributed by atoms with Crippen molar-refractivity contribution in [3.05, 3.63) is 0 Å². The van der Waals surface area contributed by atoms with Gasteiger partial charge in [0.1, 0.15) is 6.04 Å². The topological polar surface area (TPSA) is 108 Å². The van der Waals surface area contributed by atoms with Gasteiger partial charge in [0, 0.05) is 18.4 Å². The molecule has 2 fully saturated rings. The Bertz CT molecular complexity index is 404. The minimum Gasteiger partial charge on any atom is -0.396 e. The van der Waals surface area contributed by atoms with E-state index in [0.29, 0.717) is 6.54 Å². The average Bonchev–Trinajstić information content (AvgIpc) is 2.83. The van der Waals surface area contributed by atoms with Gasteiger partial charge < -0.3 is 15.7 Å². The first kappa shape index (κ1) is 14.8. The van der Waals surface area contributed by atoms with Gasteiger partial charge in [-0.3, -0.25) is 14.9 Å². The molecule has 0 aromatic carbocycles. The fourth-order valence-corrected chi connectivity index (χ4v) is 2.84. The fraction of sp³-hybridized carbons (Fsp3) is 0.769. The van der Waals surface area contributed by atoms with E-state index >= 15 is 0 Å². The zero-order valence-corrected chi connectivity index (χ0v) is 11.4. The lowest BCUT2D eigenvalue weighted by Crippen LogP contribution is -2.50. The summed E-state index contributed by atoms with van der Waals surface area (Å²) in [6.07, 6.45) is 4.36. The SMILES string of the molecule is O=C1CC[C@H](C(=O)NCC2(CO)CCCC2)NC(=O)N1. The normalized spacial score (nSPS) is 25.6. The van der Waals surface area contributed by atoms with E-state index in [4.69, 9.17) is 0 Å². The Balaban J connectivity index is 1.87. The highest BCUT2D eigenvalue weighted by molar-refractivity contribution is 5.98. The van der Waals surface area contributed by atoms with Crippen LogP contribution in [0.5, 0.6) is 0 Å². The number of carbonyl (C=O) groups is 3. The van der Waals surface area contributed by atoms with Crippen LogP contribution < -0.4 is 16.0 Å². The third-order valence-corrected chi connectivity index (χ3v) is 4.17. The first-order valence-electron chi connectivity index (χ1n) is 7.04. The van der Waals surface area contributed by atoms with Gasteiger partial charge in [-0.15, -0.1) is 0 Å². The summed E-state index contributed by atoms with van der Waals surface area (Å²) in [5.41, 5.74) is -0.224. The molecule has 0 bridgehead atoms. The molecule has 0 aromatic heterocycles. The Morgan fingerprint density at radius 3 is 2.70 bits per heavy atom. The first-order valence-corrected chi connectivity index (χ1v) is 7.04. The van der Waals surface area contributed by atoms with Crippen molar-refractivity contribution in [2.45, 2.75) is 44.6 Å². The van der Waals surface area contributed by atoms with Crippen LogP contribution in [0.1, 0.15) is 38.5 Å². The van der Waals surface area contributed by atoms with Crippen LogP contribution in [0.3, 0.4) is 0 Å². The predicted molar refractivity (Wildman–Crippen MR) is 70.7 cm³/mol. The lowest BCUT2D eigenvalue weighted by molar-refractivity contribution is -0.123. The molecule has 1 aliphatic carbocycles. The number of imide groups is 1. The number of urea groups is 1. The molecule has 1 saturated heterocycles. The maximum absolute atomic E-state index is 12.1. The Morgan fingerprint density at radius 1 is 1.35 bits per heavy atom. The molecule has 0 radical (unpaired) electrons. The number of nitrogens with one attached hydrogen (secondary N) is 3. The van der Waals surface area contributed by atoms with Crippen LogP contribution in [0.4, 0.5) is 4.79 Å². The Morgan fingerprint density at radius 2 is 2.05 bits per heavy atom. The second-order valence-electron chi connectivity index (χ2n) is 5.70. The van der Waals surface area contributed by atoms with E-state index in [2.05, 4.69) is 16.0 Å². The van der Waals surface area contributed by atoms with Crippen molar-refractivity contribution in [2.24, 2.45) is 5.41 Å². The van der Waals surface area contributed by atoms with Gasteiger partial charge in [0.25, 0.3) is 0 Å². The minimum absolute atomic E-state index is 0.0599. The van der Waals surface area contributed by atoms with E-state index < -0.39 is 12.1 Å². The van der Waals surface area contributed by atoms with Crippen LogP contribution in [0, 0.1) is 5.41 Å². The van der Waals surface area contributed by atoms with Crippen LogP contribution in [0.25, 0.3) is 0 Å². The summed E-state index contributed by atoms with van der Waals surface area (Å²) >= 11 is 0. The Kier molecular flexibility index (Phi) is 4.59. The highest BCUT2D eigenvalue weighted by atomic mass is 16.3. The summed E-state index contributed by atoms with van der Waals surface area (Å²) in [6.45, 7) is 0.473. The molecule has 2 aliphatic rings. The molecule has 7 nitrogen and oxygen atoms in total. The predicted octanol–water partition coefficient (Wildman–Crippen LogP) is -0.356. The van der Waals surface area contributed by atoms with Gasteiger partial charge in [0.2, 0.25) is 11.8 Å². The van der Waals surface area contributed by atoms with Gasteiger partial charge in [-0.1, -0.05) is 12.8 Å². The van der Waals surface area contributed by atoms with Gasteiger partial charge in [-0.25, -0.2) is 4.79 Å². The molecule has 2 rings (SSSR count). The van der Waals surface area contributed by atoms with Crippen LogP contribution in [-0.4, -0.2) is 42.1 Å². The maximum atomic E-state index is 12.1. The van der Waals surface area contributed by atoms with Crippen molar-refractivity contribution in [2.75, 3.05) is 13.2 Å². The third kappa shape index (κ3) is 3.47. The van der Waals surface area contributed by atoms with E-state index in [1.54, 1.807) is 0 Å². The lowest BCUT2D eigenvalue weighted by Gasteiger charge is -2.27. The standard InChI is InChI=1S/C13H21N3O4/c17-8-13(5-1-2-6-13)7-14-11(19)9-3-4-10(18)16-12(20)15-9/h9,17H,1-8H2,(H,14,19)(H2,15,16,18,20)/t9-/m1/s1. The van der Waals surface area contributed by atoms with Gasteiger partial charge in [-0.05, 0) is 19.3 Å². The van der Waals surface area contributed by atoms with Crippen molar-refractivity contribution < 1.29 is 19.5 Å². The fourth-order valence-electron chi connectivity index (χ4n) is 2.84. The zero-order chi connectivity index (χ0) is 14.6. The molecule has 4 amide bonds. The van der Waals surface area contributed by atoms with Crippen molar-refractivity contribution in [3.63, 3.8) is 0 Å². The minimum atomic E-state index is -0.696. The van der Waals surface area contributed by atoms with Crippen molar-refractivity contribution >= 4 is 17.8 Å². The largest absolute Gasteiger partial charge is 0.396 e. The van der Waals surface area contributed by atoms with Crippen molar-refractivity contribution in [1.29, 1.82) is 0 Å².